The lowest BCUT2D eigenvalue weighted by Crippen LogP contribution is -2.07. The van der Waals surface area contributed by atoms with E-state index in [1.165, 1.54) is 6.07 Å². The van der Waals surface area contributed by atoms with Crippen LogP contribution < -0.4 is 0 Å². The van der Waals surface area contributed by atoms with Crippen LogP contribution in [-0.4, -0.2) is 16.2 Å². The van der Waals surface area contributed by atoms with Crippen LogP contribution in [0.3, 0.4) is 0 Å². The van der Waals surface area contributed by atoms with Gasteiger partial charge in [-0.25, -0.2) is 0 Å². The Bertz CT molecular complexity index is 592. The molecular weight excluding hydrogens is 240 g/mol. The molecule has 0 spiro atoms. The molecule has 0 radical (unpaired) electrons. The van der Waals surface area contributed by atoms with E-state index in [0.717, 1.165) is 10.8 Å². The number of halogens is 1. The van der Waals surface area contributed by atoms with E-state index in [2.05, 4.69) is 0 Å². The van der Waals surface area contributed by atoms with Crippen molar-refractivity contribution in [3.05, 3.63) is 40.9 Å². The molecule has 2 aromatic rings. The van der Waals surface area contributed by atoms with E-state index >= 15 is 0 Å². The van der Waals surface area contributed by atoms with Gasteiger partial charge in [-0.05, 0) is 36.1 Å². The highest BCUT2D eigenvalue weighted by Crippen LogP contribution is 2.31. The molecule has 4 heteroatoms. The second kappa shape index (κ2) is 4.26. The number of carboxylic acids is 1. The van der Waals surface area contributed by atoms with E-state index in [-0.39, 0.29) is 5.75 Å². The molecule has 0 heterocycles. The summed E-state index contributed by atoms with van der Waals surface area (Å²) >= 11 is 6.01. The van der Waals surface area contributed by atoms with Crippen molar-refractivity contribution < 1.29 is 15.0 Å². The van der Waals surface area contributed by atoms with E-state index in [0.29, 0.717) is 10.6 Å². The Kier molecular flexibility index (Phi) is 2.94. The van der Waals surface area contributed by atoms with Gasteiger partial charge in [-0.15, -0.1) is 0 Å². The van der Waals surface area contributed by atoms with Crippen LogP contribution in [0.15, 0.2) is 30.3 Å². The fourth-order valence-corrected chi connectivity index (χ4v) is 2.00. The molecule has 0 unspecified atom stereocenters. The van der Waals surface area contributed by atoms with Gasteiger partial charge in [-0.3, -0.25) is 4.79 Å². The van der Waals surface area contributed by atoms with Gasteiger partial charge in [-0.1, -0.05) is 23.7 Å². The van der Waals surface area contributed by atoms with Crippen molar-refractivity contribution in [1.29, 1.82) is 0 Å². The summed E-state index contributed by atoms with van der Waals surface area (Å²) in [5, 5.41) is 20.3. The second-order valence-corrected chi connectivity index (χ2v) is 4.38. The molecule has 0 saturated carbocycles. The number of benzene rings is 2. The third-order valence-electron chi connectivity index (χ3n) is 2.78. The number of hydrogen-bond acceptors (Lipinski definition) is 2. The van der Waals surface area contributed by atoms with Crippen molar-refractivity contribution >= 4 is 28.3 Å². The fraction of sp³-hybridized carbons (Fsp3) is 0.154. The molecule has 0 amide bonds. The number of fused-ring (bicyclic) bond motifs is 1. The molecule has 3 nitrogen and oxygen atoms in total. The highest BCUT2D eigenvalue weighted by molar-refractivity contribution is 6.35. The molecule has 0 aliphatic carbocycles. The molecule has 0 aliphatic rings. The zero-order chi connectivity index (χ0) is 12.6. The average Bonchev–Trinajstić information content (AvgIpc) is 2.27. The Balaban J connectivity index is 2.61. The molecule has 17 heavy (non-hydrogen) atoms. The van der Waals surface area contributed by atoms with Crippen LogP contribution in [0.2, 0.25) is 5.02 Å². The van der Waals surface area contributed by atoms with Gasteiger partial charge in [0.25, 0.3) is 0 Å². The summed E-state index contributed by atoms with van der Waals surface area (Å²) in [7, 11) is 0. The molecule has 0 saturated heterocycles. The number of phenols is 1. The first-order chi connectivity index (χ1) is 7.99. The summed E-state index contributed by atoms with van der Waals surface area (Å²) in [5.74, 6) is -1.36. The second-order valence-electron chi connectivity index (χ2n) is 3.97. The van der Waals surface area contributed by atoms with Crippen LogP contribution in [0.25, 0.3) is 10.8 Å². The van der Waals surface area contributed by atoms with Crippen molar-refractivity contribution in [3.63, 3.8) is 0 Å². The van der Waals surface area contributed by atoms with Crippen LogP contribution in [0.4, 0.5) is 0 Å². The van der Waals surface area contributed by atoms with Crippen LogP contribution in [0.5, 0.6) is 5.75 Å². The summed E-state index contributed by atoms with van der Waals surface area (Å²) in [5.41, 5.74) is 0.692. The zero-order valence-corrected chi connectivity index (χ0v) is 9.90. The number of aliphatic carboxylic acids is 1. The number of carboxylic acid groups (broad SMARTS) is 1. The Labute approximate surface area is 103 Å². The Morgan fingerprint density at radius 2 is 2.00 bits per heavy atom. The molecule has 0 aromatic heterocycles. The van der Waals surface area contributed by atoms with Gasteiger partial charge in [0.2, 0.25) is 0 Å². The summed E-state index contributed by atoms with van der Waals surface area (Å²) in [6.45, 7) is 1.62. The van der Waals surface area contributed by atoms with E-state index in [9.17, 15) is 9.90 Å². The lowest BCUT2D eigenvalue weighted by atomic mass is 9.98. The topological polar surface area (TPSA) is 57.5 Å². The maximum absolute atomic E-state index is 10.9. The molecule has 1 atom stereocenters. The summed E-state index contributed by atoms with van der Waals surface area (Å²) in [6, 6.07) is 8.28. The zero-order valence-electron chi connectivity index (χ0n) is 9.14. The van der Waals surface area contributed by atoms with E-state index in [1.807, 2.05) is 0 Å². The van der Waals surface area contributed by atoms with Gasteiger partial charge in [0, 0.05) is 5.39 Å². The van der Waals surface area contributed by atoms with Crippen LogP contribution >= 0.6 is 11.6 Å². The van der Waals surface area contributed by atoms with Crippen molar-refractivity contribution in [2.45, 2.75) is 12.8 Å². The van der Waals surface area contributed by atoms with E-state index < -0.39 is 11.9 Å². The minimum atomic E-state index is -0.876. The standard InChI is InChI=1S/C13H11ClO3/c1-7(13(16)17)8-2-3-9-4-10(15)6-12(14)11(9)5-8/h2-7,15H,1H3,(H,16,17)/t7-/m0/s1. The highest BCUT2D eigenvalue weighted by Gasteiger charge is 2.14. The Morgan fingerprint density at radius 3 is 2.65 bits per heavy atom. The third kappa shape index (κ3) is 2.19. The lowest BCUT2D eigenvalue weighted by molar-refractivity contribution is -0.138. The van der Waals surface area contributed by atoms with Crippen molar-refractivity contribution in [2.24, 2.45) is 0 Å². The number of rotatable bonds is 2. The van der Waals surface area contributed by atoms with Crippen LogP contribution in [-0.2, 0) is 4.79 Å². The molecule has 2 aromatic carbocycles. The van der Waals surface area contributed by atoms with Gasteiger partial charge < -0.3 is 10.2 Å². The van der Waals surface area contributed by atoms with Gasteiger partial charge in [-0.2, -0.15) is 0 Å². The number of hydrogen-bond donors (Lipinski definition) is 2. The predicted octanol–water partition coefficient (Wildman–Crippen LogP) is 3.39. The number of aromatic hydroxyl groups is 1. The SMILES string of the molecule is C[C@H](C(=O)O)c1ccc2cc(O)cc(Cl)c2c1. The molecule has 0 aliphatic heterocycles. The van der Waals surface area contributed by atoms with Gasteiger partial charge in [0.1, 0.15) is 5.75 Å². The Morgan fingerprint density at radius 1 is 1.29 bits per heavy atom. The third-order valence-corrected chi connectivity index (χ3v) is 3.10. The molecule has 2 rings (SSSR count). The molecule has 88 valence electrons. The maximum atomic E-state index is 10.9. The monoisotopic (exact) mass is 250 g/mol. The van der Waals surface area contributed by atoms with Crippen LogP contribution in [0.1, 0.15) is 18.4 Å². The minimum Gasteiger partial charge on any atom is -0.508 e. The normalized spacial score (nSPS) is 12.6. The predicted molar refractivity (Wildman–Crippen MR) is 66.7 cm³/mol. The number of carbonyl (C=O) groups is 1. The first kappa shape index (κ1) is 11.7. The first-order valence-corrected chi connectivity index (χ1v) is 5.52. The summed E-state index contributed by atoms with van der Waals surface area (Å²) in [4.78, 5) is 10.9. The molecular formula is C13H11ClO3. The minimum absolute atomic E-state index is 0.0986. The van der Waals surface area contributed by atoms with Crippen LogP contribution in [0, 0.1) is 0 Å². The Hall–Kier alpha value is -1.74. The lowest BCUT2D eigenvalue weighted by Gasteiger charge is -2.09. The summed E-state index contributed by atoms with van der Waals surface area (Å²) < 4.78 is 0. The van der Waals surface area contributed by atoms with E-state index in [1.54, 1.807) is 31.2 Å². The molecule has 2 N–H and O–H groups in total. The van der Waals surface area contributed by atoms with Gasteiger partial charge >= 0.3 is 5.97 Å². The van der Waals surface area contributed by atoms with Gasteiger partial charge in [0.05, 0.1) is 10.9 Å². The average molecular weight is 251 g/mol. The number of phenolic OH excluding ortho intramolecular Hbond substituents is 1. The first-order valence-electron chi connectivity index (χ1n) is 5.14. The van der Waals surface area contributed by atoms with Gasteiger partial charge in [0.15, 0.2) is 0 Å². The molecule has 0 bridgehead atoms. The van der Waals surface area contributed by atoms with Crippen molar-refractivity contribution in [3.8, 4) is 5.75 Å². The van der Waals surface area contributed by atoms with Crippen molar-refractivity contribution in [1.82, 2.24) is 0 Å². The molecule has 0 fully saturated rings. The quantitative estimate of drug-likeness (QED) is 0.859. The largest absolute Gasteiger partial charge is 0.508 e. The maximum Gasteiger partial charge on any atom is 0.310 e. The summed E-state index contributed by atoms with van der Waals surface area (Å²) in [6.07, 6.45) is 0. The fourth-order valence-electron chi connectivity index (χ4n) is 1.73. The smallest absolute Gasteiger partial charge is 0.310 e. The van der Waals surface area contributed by atoms with E-state index in [4.69, 9.17) is 16.7 Å². The highest BCUT2D eigenvalue weighted by atomic mass is 35.5. The van der Waals surface area contributed by atoms with Crippen molar-refractivity contribution in [2.75, 3.05) is 0 Å².